The number of amides is 2. The van der Waals surface area contributed by atoms with E-state index in [1.807, 2.05) is 17.5 Å². The van der Waals surface area contributed by atoms with Gasteiger partial charge in [-0.25, -0.2) is 4.39 Å². The van der Waals surface area contributed by atoms with Crippen molar-refractivity contribution in [3.8, 4) is 0 Å². The van der Waals surface area contributed by atoms with Crippen LogP contribution >= 0.6 is 23.1 Å². The summed E-state index contributed by atoms with van der Waals surface area (Å²) in [6, 6.07) is 9.58. The van der Waals surface area contributed by atoms with Crippen molar-refractivity contribution in [1.29, 1.82) is 0 Å². The maximum atomic E-state index is 13.1. The van der Waals surface area contributed by atoms with Gasteiger partial charge in [0.05, 0.1) is 17.7 Å². The summed E-state index contributed by atoms with van der Waals surface area (Å²) < 4.78 is 13.1. The van der Waals surface area contributed by atoms with E-state index >= 15 is 0 Å². The lowest BCUT2D eigenvalue weighted by molar-refractivity contribution is -0.132. The average Bonchev–Trinajstić information content (AvgIpc) is 3.19. The van der Waals surface area contributed by atoms with Crippen LogP contribution in [0, 0.1) is 5.82 Å². The first kappa shape index (κ1) is 16.0. The van der Waals surface area contributed by atoms with Crippen LogP contribution in [0.2, 0.25) is 0 Å². The number of carbonyl (C=O) groups is 2. The van der Waals surface area contributed by atoms with E-state index in [1.165, 1.54) is 40.1 Å². The molecular weight excluding hydrogens is 335 g/mol. The third-order valence-corrected chi connectivity index (χ3v) is 5.38. The van der Waals surface area contributed by atoms with Crippen molar-refractivity contribution >= 4 is 34.9 Å². The molecule has 2 heterocycles. The molecule has 120 valence electrons. The standard InChI is InChI=1S/C16H15FN2O2S2/c17-12-5-3-11(4-6-12)16(13-2-1-7-23-13)18-14(20)8-19-10-22-9-15(19)21/h1-7,16H,8-10H2,(H,18,20)/t16-/m0/s1. The summed E-state index contributed by atoms with van der Waals surface area (Å²) >= 11 is 3.03. The Bertz CT molecular complexity index is 689. The summed E-state index contributed by atoms with van der Waals surface area (Å²) in [5.41, 5.74) is 0.810. The predicted molar refractivity (Wildman–Crippen MR) is 89.7 cm³/mol. The first-order valence-corrected chi connectivity index (χ1v) is 9.10. The number of rotatable bonds is 5. The van der Waals surface area contributed by atoms with Gasteiger partial charge in [0.15, 0.2) is 0 Å². The molecule has 0 unspecified atom stereocenters. The van der Waals surface area contributed by atoms with Gasteiger partial charge in [-0.1, -0.05) is 18.2 Å². The fraction of sp³-hybridized carbons (Fsp3) is 0.250. The molecule has 0 spiro atoms. The number of hydrogen-bond acceptors (Lipinski definition) is 4. The first-order chi connectivity index (χ1) is 11.1. The number of thioether (sulfide) groups is 1. The van der Waals surface area contributed by atoms with Crippen molar-refractivity contribution in [3.05, 3.63) is 58.0 Å². The zero-order chi connectivity index (χ0) is 16.2. The van der Waals surface area contributed by atoms with E-state index in [4.69, 9.17) is 0 Å². The van der Waals surface area contributed by atoms with Gasteiger partial charge in [-0.2, -0.15) is 0 Å². The van der Waals surface area contributed by atoms with Crippen LogP contribution in [0.3, 0.4) is 0 Å². The Morgan fingerprint density at radius 1 is 1.30 bits per heavy atom. The molecule has 4 nitrogen and oxygen atoms in total. The Kier molecular flexibility index (Phi) is 4.97. The first-order valence-electron chi connectivity index (χ1n) is 7.07. The summed E-state index contributed by atoms with van der Waals surface area (Å²) in [6.45, 7) is 0.0505. The summed E-state index contributed by atoms with van der Waals surface area (Å²) in [4.78, 5) is 26.4. The van der Waals surface area contributed by atoms with Crippen LogP contribution in [0.25, 0.3) is 0 Å². The van der Waals surface area contributed by atoms with Gasteiger partial charge in [0.1, 0.15) is 12.4 Å². The Morgan fingerprint density at radius 2 is 2.09 bits per heavy atom. The number of halogens is 1. The largest absolute Gasteiger partial charge is 0.343 e. The van der Waals surface area contributed by atoms with Crippen molar-refractivity contribution < 1.29 is 14.0 Å². The number of nitrogens with one attached hydrogen (secondary N) is 1. The molecule has 1 aliphatic heterocycles. The summed E-state index contributed by atoms with van der Waals surface area (Å²) in [6.07, 6.45) is 0. The van der Waals surface area contributed by atoms with Gasteiger partial charge in [0.25, 0.3) is 0 Å². The Hall–Kier alpha value is -1.86. The normalized spacial score (nSPS) is 15.7. The summed E-state index contributed by atoms with van der Waals surface area (Å²) in [5, 5.41) is 4.88. The van der Waals surface area contributed by atoms with Gasteiger partial charge in [-0.15, -0.1) is 23.1 Å². The zero-order valence-electron chi connectivity index (χ0n) is 12.2. The minimum Gasteiger partial charge on any atom is -0.343 e. The molecule has 1 N–H and O–H groups in total. The predicted octanol–water partition coefficient (Wildman–Crippen LogP) is 2.63. The number of benzene rings is 1. The van der Waals surface area contributed by atoms with Crippen LogP contribution in [0.5, 0.6) is 0 Å². The number of nitrogens with zero attached hydrogens (tertiary/aromatic N) is 1. The van der Waals surface area contributed by atoms with Crippen molar-refractivity contribution in [2.75, 3.05) is 18.2 Å². The van der Waals surface area contributed by atoms with E-state index in [9.17, 15) is 14.0 Å². The van der Waals surface area contributed by atoms with E-state index in [1.54, 1.807) is 12.1 Å². The van der Waals surface area contributed by atoms with Crippen LogP contribution in [0.1, 0.15) is 16.5 Å². The van der Waals surface area contributed by atoms with Crippen molar-refractivity contribution in [1.82, 2.24) is 10.2 Å². The topological polar surface area (TPSA) is 49.4 Å². The third kappa shape index (κ3) is 3.92. The molecule has 1 fully saturated rings. The van der Waals surface area contributed by atoms with E-state index in [2.05, 4.69) is 5.32 Å². The minimum absolute atomic E-state index is 0.0143. The molecule has 1 atom stereocenters. The number of hydrogen-bond donors (Lipinski definition) is 1. The lowest BCUT2D eigenvalue weighted by Crippen LogP contribution is -2.39. The Morgan fingerprint density at radius 3 is 2.70 bits per heavy atom. The lowest BCUT2D eigenvalue weighted by atomic mass is 10.1. The quantitative estimate of drug-likeness (QED) is 0.902. The second-order valence-corrected chi connectivity index (χ2v) is 7.07. The molecule has 2 amide bonds. The van der Waals surface area contributed by atoms with Gasteiger partial charge in [-0.3, -0.25) is 9.59 Å². The Balaban J connectivity index is 1.75. The highest BCUT2D eigenvalue weighted by Crippen LogP contribution is 2.26. The molecule has 0 bridgehead atoms. The molecule has 7 heteroatoms. The number of thiophene rings is 1. The average molecular weight is 350 g/mol. The second kappa shape index (κ2) is 7.14. The summed E-state index contributed by atoms with van der Waals surface area (Å²) in [7, 11) is 0. The molecule has 23 heavy (non-hydrogen) atoms. The van der Waals surface area contributed by atoms with Crippen LogP contribution in [0.15, 0.2) is 41.8 Å². The maximum Gasteiger partial charge on any atom is 0.240 e. The minimum atomic E-state index is -0.339. The van der Waals surface area contributed by atoms with Gasteiger partial charge >= 0.3 is 0 Å². The maximum absolute atomic E-state index is 13.1. The zero-order valence-corrected chi connectivity index (χ0v) is 13.8. The van der Waals surface area contributed by atoms with Gasteiger partial charge in [-0.05, 0) is 29.1 Å². The third-order valence-electron chi connectivity index (χ3n) is 3.50. The van der Waals surface area contributed by atoms with Crippen molar-refractivity contribution in [2.24, 2.45) is 0 Å². The van der Waals surface area contributed by atoms with Crippen molar-refractivity contribution in [2.45, 2.75) is 6.04 Å². The lowest BCUT2D eigenvalue weighted by Gasteiger charge is -2.20. The highest BCUT2D eigenvalue weighted by atomic mass is 32.2. The van der Waals surface area contributed by atoms with Crippen molar-refractivity contribution in [3.63, 3.8) is 0 Å². The molecule has 0 saturated carbocycles. The fourth-order valence-corrected chi connectivity index (χ4v) is 4.06. The molecule has 0 aliphatic carbocycles. The molecule has 1 aromatic heterocycles. The summed E-state index contributed by atoms with van der Waals surface area (Å²) in [5.74, 6) is 0.430. The van der Waals surface area contributed by atoms with Gasteiger partial charge in [0, 0.05) is 4.88 Å². The van der Waals surface area contributed by atoms with Crippen LogP contribution < -0.4 is 5.32 Å². The van der Waals surface area contributed by atoms with Gasteiger partial charge in [0.2, 0.25) is 11.8 Å². The van der Waals surface area contributed by atoms with E-state index in [-0.39, 0.29) is 30.2 Å². The van der Waals surface area contributed by atoms with Crippen LogP contribution in [0.4, 0.5) is 4.39 Å². The SMILES string of the molecule is O=C(CN1CSCC1=O)N[C@@H](c1ccc(F)cc1)c1cccs1. The van der Waals surface area contributed by atoms with Gasteiger partial charge < -0.3 is 10.2 Å². The second-order valence-electron chi connectivity index (χ2n) is 5.14. The molecular formula is C16H15FN2O2S2. The van der Waals surface area contributed by atoms with Crippen LogP contribution in [-0.4, -0.2) is 34.9 Å². The molecule has 1 saturated heterocycles. The highest BCUT2D eigenvalue weighted by molar-refractivity contribution is 8.00. The molecule has 3 rings (SSSR count). The molecule has 1 aliphatic rings. The molecule has 1 aromatic carbocycles. The van der Waals surface area contributed by atoms with E-state index < -0.39 is 0 Å². The number of carbonyl (C=O) groups excluding carboxylic acids is 2. The highest BCUT2D eigenvalue weighted by Gasteiger charge is 2.25. The fourth-order valence-electron chi connectivity index (χ4n) is 2.35. The molecule has 2 aromatic rings. The van der Waals surface area contributed by atoms with E-state index in [0.29, 0.717) is 11.6 Å². The monoisotopic (exact) mass is 350 g/mol. The van der Waals surface area contributed by atoms with E-state index in [0.717, 1.165) is 10.4 Å². The smallest absolute Gasteiger partial charge is 0.240 e. The Labute approximate surface area is 141 Å². The van der Waals surface area contributed by atoms with Crippen LogP contribution in [-0.2, 0) is 9.59 Å². The molecule has 0 radical (unpaired) electrons.